The van der Waals surface area contributed by atoms with Gasteiger partial charge in [-0.1, -0.05) is 98.3 Å². The average molecular weight is 387 g/mol. The first kappa shape index (κ1) is 25.4. The van der Waals surface area contributed by atoms with Crippen LogP contribution < -0.4 is 0 Å². The smallest absolute Gasteiger partial charge is 0.157 e. The molecule has 2 atom stereocenters. The lowest BCUT2D eigenvalue weighted by molar-refractivity contribution is -0.167. The highest BCUT2D eigenvalue weighted by Crippen LogP contribution is 2.22. The Morgan fingerprint density at radius 2 is 0.840 bits per heavy atom. The van der Waals surface area contributed by atoms with Gasteiger partial charge in [0.1, 0.15) is 0 Å². The largest absolute Gasteiger partial charge is 0.353 e. The van der Waals surface area contributed by atoms with E-state index in [2.05, 4.69) is 48.5 Å². The highest BCUT2D eigenvalue weighted by molar-refractivity contribution is 6.60. The Kier molecular flexibility index (Phi) is 16.8. The molecule has 0 aromatic carbocycles. The molecule has 0 saturated carbocycles. The summed E-state index contributed by atoms with van der Waals surface area (Å²) in [6, 6.07) is 5.52. The van der Waals surface area contributed by atoms with Gasteiger partial charge in [0.25, 0.3) is 0 Å². The van der Waals surface area contributed by atoms with Crippen LogP contribution in [0.4, 0.5) is 0 Å². The molecule has 0 aliphatic heterocycles. The molecule has 0 rings (SSSR count). The van der Waals surface area contributed by atoms with Crippen LogP contribution in [0.5, 0.6) is 0 Å². The monoisotopic (exact) mass is 386 g/mol. The molecule has 0 aliphatic carbocycles. The highest BCUT2D eigenvalue weighted by Gasteiger charge is 2.28. The minimum Gasteiger partial charge on any atom is -0.353 e. The molecule has 2 unspecified atom stereocenters. The van der Waals surface area contributed by atoms with Gasteiger partial charge in [0, 0.05) is 11.5 Å². The topological polar surface area (TPSA) is 18.5 Å². The highest BCUT2D eigenvalue weighted by atomic mass is 28.3. The van der Waals surface area contributed by atoms with Crippen LogP contribution in [0.3, 0.4) is 0 Å². The summed E-state index contributed by atoms with van der Waals surface area (Å²) in [5.74, 6) is 0. The van der Waals surface area contributed by atoms with Crippen LogP contribution in [0.25, 0.3) is 0 Å². The van der Waals surface area contributed by atoms with Crippen LogP contribution in [0.1, 0.15) is 93.4 Å². The lowest BCUT2D eigenvalue weighted by atomic mass is 10.4. The first-order chi connectivity index (χ1) is 12.1. The minimum atomic E-state index is -0.416. The van der Waals surface area contributed by atoms with Gasteiger partial charge in [-0.3, -0.25) is 0 Å². The van der Waals surface area contributed by atoms with Crippen molar-refractivity contribution in [3.8, 4) is 0 Å². The lowest BCUT2D eigenvalue weighted by Crippen LogP contribution is -2.41. The van der Waals surface area contributed by atoms with Gasteiger partial charge in [-0.2, -0.15) is 0 Å². The summed E-state index contributed by atoms with van der Waals surface area (Å²) >= 11 is 0. The molecule has 0 fully saturated rings. The van der Waals surface area contributed by atoms with Crippen molar-refractivity contribution in [2.24, 2.45) is 0 Å². The number of rotatable bonds is 17. The Balaban J connectivity index is 4.89. The van der Waals surface area contributed by atoms with Crippen molar-refractivity contribution in [1.82, 2.24) is 0 Å². The third kappa shape index (κ3) is 10.3. The van der Waals surface area contributed by atoms with E-state index >= 15 is 0 Å². The summed E-state index contributed by atoms with van der Waals surface area (Å²) < 4.78 is 13.2. The molecule has 0 saturated heterocycles. The van der Waals surface area contributed by atoms with Gasteiger partial charge in [-0.15, -0.1) is 0 Å². The van der Waals surface area contributed by atoms with Crippen molar-refractivity contribution < 1.29 is 9.47 Å². The molecular weight excluding hydrogens is 340 g/mol. The number of hydrogen-bond acceptors (Lipinski definition) is 2. The maximum atomic E-state index is 6.59. The molecule has 0 heterocycles. The molecule has 0 spiro atoms. The van der Waals surface area contributed by atoms with E-state index in [9.17, 15) is 0 Å². The summed E-state index contributed by atoms with van der Waals surface area (Å²) in [6.45, 7) is 16.1. The van der Waals surface area contributed by atoms with Gasteiger partial charge in [-0.25, -0.2) is 0 Å². The maximum absolute atomic E-state index is 6.59. The predicted octanol–water partition coefficient (Wildman–Crippen LogP) is 7.02. The molecule has 0 amide bonds. The van der Waals surface area contributed by atoms with Crippen LogP contribution >= 0.6 is 0 Å². The molecule has 0 aromatic rings. The first-order valence-electron chi connectivity index (χ1n) is 11.1. The van der Waals surface area contributed by atoms with Crippen molar-refractivity contribution in [3.05, 3.63) is 0 Å². The van der Waals surface area contributed by atoms with Gasteiger partial charge >= 0.3 is 0 Å². The van der Waals surface area contributed by atoms with Crippen molar-refractivity contribution >= 4 is 17.6 Å². The van der Waals surface area contributed by atoms with E-state index < -0.39 is 17.6 Å². The zero-order chi connectivity index (χ0) is 19.1. The van der Waals surface area contributed by atoms with Crippen LogP contribution in [0, 0.1) is 0 Å². The second-order valence-electron chi connectivity index (χ2n) is 7.22. The molecule has 0 N–H and O–H groups in total. The van der Waals surface area contributed by atoms with E-state index in [4.69, 9.17) is 9.47 Å². The summed E-state index contributed by atoms with van der Waals surface area (Å²) in [6.07, 6.45) is 8.46. The molecule has 150 valence electrons. The van der Waals surface area contributed by atoms with E-state index in [0.29, 0.717) is 11.5 Å². The molecule has 0 aromatic heterocycles. The summed E-state index contributed by atoms with van der Waals surface area (Å²) in [5.41, 5.74) is 0.917. The van der Waals surface area contributed by atoms with Crippen LogP contribution in [0.15, 0.2) is 0 Å². The second kappa shape index (κ2) is 16.5. The summed E-state index contributed by atoms with van der Waals surface area (Å²) in [5, 5.41) is 0. The maximum Gasteiger partial charge on any atom is 0.157 e. The van der Waals surface area contributed by atoms with Gasteiger partial charge in [0.15, 0.2) is 6.29 Å². The molecule has 0 aliphatic rings. The van der Waals surface area contributed by atoms with Crippen molar-refractivity contribution in [1.29, 1.82) is 0 Å². The van der Waals surface area contributed by atoms with E-state index in [1.54, 1.807) is 0 Å². The molecule has 4 heteroatoms. The third-order valence-electron chi connectivity index (χ3n) is 4.90. The van der Waals surface area contributed by atoms with E-state index in [1.807, 2.05) is 0 Å². The molecule has 2 nitrogen and oxygen atoms in total. The Morgan fingerprint density at radius 3 is 1.04 bits per heavy atom. The van der Waals surface area contributed by atoms with Crippen molar-refractivity contribution in [3.63, 3.8) is 0 Å². The second-order valence-corrected chi connectivity index (χ2v) is 13.1. The van der Waals surface area contributed by atoms with E-state index in [1.165, 1.54) is 49.9 Å². The van der Waals surface area contributed by atoms with Gasteiger partial charge in [-0.05, 0) is 19.3 Å². The van der Waals surface area contributed by atoms with Gasteiger partial charge in [0.2, 0.25) is 0 Å². The summed E-state index contributed by atoms with van der Waals surface area (Å²) in [4.78, 5) is 0. The van der Waals surface area contributed by atoms with E-state index in [0.717, 1.165) is 19.3 Å². The number of hydrogen-bond donors (Lipinski definition) is 0. The van der Waals surface area contributed by atoms with Crippen molar-refractivity contribution in [2.45, 2.75) is 135 Å². The van der Waals surface area contributed by atoms with Gasteiger partial charge < -0.3 is 9.47 Å². The minimum absolute atomic E-state index is 0.0114. The zero-order valence-corrected chi connectivity index (χ0v) is 20.3. The van der Waals surface area contributed by atoms with Crippen molar-refractivity contribution in [2.75, 3.05) is 0 Å². The standard InChI is InChI=1S/C21H46O2Si2/c1-8-15-24(16-9-2)20(13-6)22-19(12-5)23-21(14-7)25(17-10-3)18-11-4/h19-21H,8-18H2,1-7H3. The normalized spacial score (nSPS) is 15.7. The zero-order valence-electron chi connectivity index (χ0n) is 18.3. The lowest BCUT2D eigenvalue weighted by Gasteiger charge is -2.33. The Labute approximate surface area is 162 Å². The van der Waals surface area contributed by atoms with Crippen LogP contribution in [-0.2, 0) is 9.47 Å². The Hall–Kier alpha value is 0.354. The fraction of sp³-hybridized carbons (Fsp3) is 1.00. The fourth-order valence-corrected chi connectivity index (χ4v) is 9.93. The number of ether oxygens (including phenoxy) is 2. The molecular formula is C21H46O2Si2. The Bertz CT molecular complexity index is 251. The SMILES string of the molecule is CCC[Si](CCC)C(CC)OC(CC)OC(CC)[Si](CCC)CCC. The Morgan fingerprint density at radius 1 is 0.520 bits per heavy atom. The third-order valence-corrected chi connectivity index (χ3v) is 12.4. The van der Waals surface area contributed by atoms with Crippen LogP contribution in [-0.4, -0.2) is 35.3 Å². The molecule has 2 radical (unpaired) electrons. The van der Waals surface area contributed by atoms with Gasteiger partial charge in [0.05, 0.1) is 17.6 Å². The molecule has 25 heavy (non-hydrogen) atoms. The molecule has 0 bridgehead atoms. The van der Waals surface area contributed by atoms with E-state index in [-0.39, 0.29) is 6.29 Å². The van der Waals surface area contributed by atoms with Crippen LogP contribution in [0.2, 0.25) is 24.2 Å². The predicted molar refractivity (Wildman–Crippen MR) is 116 cm³/mol. The summed E-state index contributed by atoms with van der Waals surface area (Å²) in [7, 11) is -0.833. The quantitative estimate of drug-likeness (QED) is 0.197. The first-order valence-corrected chi connectivity index (χ1v) is 15.1. The average Bonchev–Trinajstić information content (AvgIpc) is 2.62. The fourth-order valence-electron chi connectivity index (χ4n) is 3.73.